The molecule has 0 aliphatic carbocycles. The van der Waals surface area contributed by atoms with Crippen molar-refractivity contribution in [1.29, 1.82) is 0 Å². The molecular formula is C11H17N5S. The lowest BCUT2D eigenvalue weighted by atomic mass is 10.2. The van der Waals surface area contributed by atoms with Crippen molar-refractivity contribution in [3.63, 3.8) is 0 Å². The van der Waals surface area contributed by atoms with E-state index in [1.807, 2.05) is 27.9 Å². The Bertz CT molecular complexity index is 428. The lowest BCUT2D eigenvalue weighted by Crippen LogP contribution is -2.31. The maximum Gasteiger partial charge on any atom is 0.189 e. The molecule has 0 radical (unpaired) electrons. The van der Waals surface area contributed by atoms with Crippen LogP contribution in [0, 0.1) is 0 Å². The van der Waals surface area contributed by atoms with Crippen molar-refractivity contribution in [2.45, 2.75) is 20.3 Å². The highest BCUT2D eigenvalue weighted by Crippen LogP contribution is 2.03. The first kappa shape index (κ1) is 13.5. The summed E-state index contributed by atoms with van der Waals surface area (Å²) in [6.45, 7) is 3.92. The molecule has 6 heteroatoms. The van der Waals surface area contributed by atoms with Gasteiger partial charge in [0, 0.05) is 26.5 Å². The fraction of sp³-hybridized carbons (Fsp3) is 0.455. The van der Waals surface area contributed by atoms with Crippen LogP contribution in [0.1, 0.15) is 25.2 Å². The van der Waals surface area contributed by atoms with E-state index in [4.69, 9.17) is 12.2 Å². The van der Waals surface area contributed by atoms with Gasteiger partial charge in [0.05, 0.1) is 11.4 Å². The largest absolute Gasteiger partial charge is 0.354 e. The van der Waals surface area contributed by atoms with Crippen LogP contribution in [-0.4, -0.2) is 39.8 Å². The Hall–Kier alpha value is -1.56. The predicted molar refractivity (Wildman–Crippen MR) is 73.0 cm³/mol. The summed E-state index contributed by atoms with van der Waals surface area (Å²) in [6.07, 6.45) is 4.18. The second kappa shape index (κ2) is 6.24. The maximum atomic E-state index is 5.08. The zero-order chi connectivity index (χ0) is 12.8. The molecule has 5 nitrogen and oxygen atoms in total. The van der Waals surface area contributed by atoms with Crippen molar-refractivity contribution in [2.24, 2.45) is 5.10 Å². The predicted octanol–water partition coefficient (Wildman–Crippen LogP) is 1.20. The molecule has 0 atom stereocenters. The van der Waals surface area contributed by atoms with Gasteiger partial charge in [0.2, 0.25) is 0 Å². The average Bonchev–Trinajstić information content (AvgIpc) is 2.35. The van der Waals surface area contributed by atoms with Crippen LogP contribution in [0.15, 0.2) is 17.5 Å². The van der Waals surface area contributed by atoms with Gasteiger partial charge in [0.15, 0.2) is 5.11 Å². The molecule has 0 saturated heterocycles. The number of aromatic nitrogens is 2. The number of nitrogens with one attached hydrogen (secondary N) is 1. The molecule has 0 aromatic carbocycles. The van der Waals surface area contributed by atoms with Crippen molar-refractivity contribution in [1.82, 2.24) is 20.3 Å². The zero-order valence-electron chi connectivity index (χ0n) is 10.6. The number of aryl methyl sites for hydroxylation is 1. The molecule has 1 rings (SSSR count). The standard InChI is InChI=1S/C11H17N5S/c1-5-9-10(13-7-6-12-9)8(2)14-15-11(17)16(3)4/h6-7H,5H2,1-4H3,(H,15,17)/b14-8+. The third-order valence-electron chi connectivity index (χ3n) is 2.18. The summed E-state index contributed by atoms with van der Waals surface area (Å²) in [5, 5.41) is 4.77. The first-order chi connectivity index (χ1) is 8.06. The fourth-order valence-electron chi connectivity index (χ4n) is 1.21. The minimum Gasteiger partial charge on any atom is -0.354 e. The molecule has 0 bridgehead atoms. The van der Waals surface area contributed by atoms with Gasteiger partial charge in [-0.1, -0.05) is 6.92 Å². The maximum absolute atomic E-state index is 5.08. The molecule has 0 aliphatic rings. The van der Waals surface area contributed by atoms with E-state index in [1.165, 1.54) is 0 Å². The Morgan fingerprint density at radius 1 is 1.41 bits per heavy atom. The van der Waals surface area contributed by atoms with Crippen molar-refractivity contribution in [3.05, 3.63) is 23.8 Å². The van der Waals surface area contributed by atoms with Crippen LogP contribution < -0.4 is 5.43 Å². The molecule has 92 valence electrons. The van der Waals surface area contributed by atoms with Gasteiger partial charge in [-0.3, -0.25) is 15.4 Å². The second-order valence-corrected chi connectivity index (χ2v) is 4.10. The number of hydrogen-bond acceptors (Lipinski definition) is 4. The minimum atomic E-state index is 0.561. The first-order valence-corrected chi connectivity index (χ1v) is 5.79. The number of hydrogen-bond donors (Lipinski definition) is 1. The molecule has 0 fully saturated rings. The van der Waals surface area contributed by atoms with E-state index in [0.717, 1.165) is 23.5 Å². The molecule has 1 aromatic heterocycles. The molecule has 1 N–H and O–H groups in total. The van der Waals surface area contributed by atoms with Crippen LogP contribution in [-0.2, 0) is 6.42 Å². The SMILES string of the molecule is CCc1nccnc1/C(C)=N/NC(=S)N(C)C. The van der Waals surface area contributed by atoms with Crippen LogP contribution in [0.25, 0.3) is 0 Å². The van der Waals surface area contributed by atoms with E-state index < -0.39 is 0 Å². The van der Waals surface area contributed by atoms with Gasteiger partial charge < -0.3 is 4.90 Å². The molecule has 0 unspecified atom stereocenters. The van der Waals surface area contributed by atoms with Gasteiger partial charge in [-0.15, -0.1) is 0 Å². The quantitative estimate of drug-likeness (QED) is 0.497. The molecule has 0 aliphatic heterocycles. The highest BCUT2D eigenvalue weighted by atomic mass is 32.1. The van der Waals surface area contributed by atoms with E-state index in [-0.39, 0.29) is 0 Å². The van der Waals surface area contributed by atoms with E-state index in [2.05, 4.69) is 20.5 Å². The molecule has 1 heterocycles. The van der Waals surface area contributed by atoms with Gasteiger partial charge >= 0.3 is 0 Å². The van der Waals surface area contributed by atoms with E-state index in [0.29, 0.717) is 5.11 Å². The molecule has 0 saturated carbocycles. The first-order valence-electron chi connectivity index (χ1n) is 5.38. The Balaban J connectivity index is 2.85. The van der Waals surface area contributed by atoms with Crippen LogP contribution in [0.2, 0.25) is 0 Å². The Kier molecular flexibility index (Phi) is 4.96. The lowest BCUT2D eigenvalue weighted by Gasteiger charge is -2.12. The smallest absolute Gasteiger partial charge is 0.189 e. The number of hydrazone groups is 1. The lowest BCUT2D eigenvalue weighted by molar-refractivity contribution is 0.606. The monoisotopic (exact) mass is 251 g/mol. The highest BCUT2D eigenvalue weighted by molar-refractivity contribution is 7.80. The molecule has 1 aromatic rings. The van der Waals surface area contributed by atoms with E-state index in [9.17, 15) is 0 Å². The summed E-state index contributed by atoms with van der Waals surface area (Å²) in [4.78, 5) is 10.3. The number of rotatable bonds is 3. The second-order valence-electron chi connectivity index (χ2n) is 3.71. The summed E-state index contributed by atoms with van der Waals surface area (Å²) in [7, 11) is 3.72. The molecular weight excluding hydrogens is 234 g/mol. The molecule has 0 spiro atoms. The fourth-order valence-corrected chi connectivity index (χ4v) is 1.26. The van der Waals surface area contributed by atoms with Gasteiger partial charge in [0.1, 0.15) is 5.69 Å². The highest BCUT2D eigenvalue weighted by Gasteiger charge is 2.06. The minimum absolute atomic E-state index is 0.561. The summed E-state index contributed by atoms with van der Waals surface area (Å²) >= 11 is 5.08. The van der Waals surface area contributed by atoms with Gasteiger partial charge in [-0.2, -0.15) is 5.10 Å². The number of nitrogens with zero attached hydrogens (tertiary/aromatic N) is 4. The van der Waals surface area contributed by atoms with Crippen LogP contribution in [0.4, 0.5) is 0 Å². The molecule has 0 amide bonds. The zero-order valence-corrected chi connectivity index (χ0v) is 11.4. The van der Waals surface area contributed by atoms with Crippen LogP contribution in [0.5, 0.6) is 0 Å². The van der Waals surface area contributed by atoms with Crippen molar-refractivity contribution < 1.29 is 0 Å². The third kappa shape index (κ3) is 3.74. The Morgan fingerprint density at radius 3 is 2.65 bits per heavy atom. The summed E-state index contributed by atoms with van der Waals surface area (Å²) in [5.41, 5.74) is 5.33. The van der Waals surface area contributed by atoms with Gasteiger partial charge in [0.25, 0.3) is 0 Å². The Morgan fingerprint density at radius 2 is 2.06 bits per heavy atom. The summed E-state index contributed by atoms with van der Waals surface area (Å²) < 4.78 is 0. The normalized spacial score (nSPS) is 11.2. The molecule has 17 heavy (non-hydrogen) atoms. The Labute approximate surface area is 107 Å². The van der Waals surface area contributed by atoms with Crippen molar-refractivity contribution >= 4 is 23.0 Å². The van der Waals surface area contributed by atoms with Gasteiger partial charge in [-0.25, -0.2) is 0 Å². The summed E-state index contributed by atoms with van der Waals surface area (Å²) in [6, 6.07) is 0. The third-order valence-corrected chi connectivity index (χ3v) is 2.63. The number of thiocarbonyl (C=S) groups is 1. The van der Waals surface area contributed by atoms with Crippen LogP contribution in [0.3, 0.4) is 0 Å². The summed E-state index contributed by atoms with van der Waals surface area (Å²) in [5.74, 6) is 0. The average molecular weight is 251 g/mol. The van der Waals surface area contributed by atoms with Crippen LogP contribution >= 0.6 is 12.2 Å². The topological polar surface area (TPSA) is 53.4 Å². The van der Waals surface area contributed by atoms with E-state index in [1.54, 1.807) is 17.3 Å². The van der Waals surface area contributed by atoms with Crippen molar-refractivity contribution in [3.8, 4) is 0 Å². The van der Waals surface area contributed by atoms with Crippen molar-refractivity contribution in [2.75, 3.05) is 14.1 Å². The van der Waals surface area contributed by atoms with E-state index >= 15 is 0 Å². The van der Waals surface area contributed by atoms with Gasteiger partial charge in [-0.05, 0) is 25.6 Å².